The van der Waals surface area contributed by atoms with Gasteiger partial charge < -0.3 is 4.90 Å². The van der Waals surface area contributed by atoms with E-state index in [2.05, 4.69) is 0 Å². The number of rotatable bonds is 1. The molecule has 0 fully saturated rings. The van der Waals surface area contributed by atoms with Gasteiger partial charge in [0.15, 0.2) is 0 Å². The van der Waals surface area contributed by atoms with Gasteiger partial charge in [0.2, 0.25) is 9.84 Å². The highest BCUT2D eigenvalue weighted by Gasteiger charge is 2.34. The molecule has 0 unspecified atom stereocenters. The molecule has 1 amide bonds. The van der Waals surface area contributed by atoms with Gasteiger partial charge in [-0.05, 0) is 43.7 Å². The molecule has 2 aromatic rings. The molecule has 108 valence electrons. The molecule has 1 aliphatic heterocycles. The van der Waals surface area contributed by atoms with Crippen molar-refractivity contribution in [1.29, 1.82) is 0 Å². The molecule has 0 N–H and O–H groups in total. The molecular weight excluding hydrogens is 286 g/mol. The van der Waals surface area contributed by atoms with Gasteiger partial charge in [-0.1, -0.05) is 18.2 Å². The highest BCUT2D eigenvalue weighted by Crippen LogP contribution is 2.37. The maximum absolute atomic E-state index is 12.9. The summed E-state index contributed by atoms with van der Waals surface area (Å²) in [5.74, 6) is -0.277. The Hall–Kier alpha value is -2.14. The van der Waals surface area contributed by atoms with Crippen molar-refractivity contribution in [2.75, 3.05) is 11.4 Å². The first kappa shape index (κ1) is 13.8. The summed E-state index contributed by atoms with van der Waals surface area (Å²) >= 11 is 0. The van der Waals surface area contributed by atoms with Gasteiger partial charge in [-0.15, -0.1) is 0 Å². The predicted octanol–water partition coefficient (Wildman–Crippen LogP) is 2.81. The zero-order chi connectivity index (χ0) is 15.2. The molecule has 0 bridgehead atoms. The number of amides is 1. The van der Waals surface area contributed by atoms with E-state index in [-0.39, 0.29) is 21.3 Å². The number of anilines is 1. The van der Waals surface area contributed by atoms with Crippen molar-refractivity contribution in [3.8, 4) is 0 Å². The zero-order valence-corrected chi connectivity index (χ0v) is 12.6. The number of sulfone groups is 1. The van der Waals surface area contributed by atoms with E-state index in [0.29, 0.717) is 12.2 Å². The standard InChI is InChI=1S/C16H15NO3S/c1-3-17-13-10-11(2)8-9-15(13)21(19,20)14-7-5-4-6-12(14)16(17)18/h4-10H,3H2,1-2H3. The van der Waals surface area contributed by atoms with Crippen LogP contribution < -0.4 is 4.90 Å². The summed E-state index contributed by atoms with van der Waals surface area (Å²) in [6, 6.07) is 11.5. The molecule has 3 rings (SSSR count). The second-order valence-electron chi connectivity index (χ2n) is 5.02. The van der Waals surface area contributed by atoms with Crippen LogP contribution in [0.3, 0.4) is 0 Å². The number of carbonyl (C=O) groups is 1. The predicted molar refractivity (Wildman–Crippen MR) is 80.4 cm³/mol. The lowest BCUT2D eigenvalue weighted by atomic mass is 10.1. The van der Waals surface area contributed by atoms with E-state index >= 15 is 0 Å². The molecule has 5 heteroatoms. The van der Waals surface area contributed by atoms with Crippen molar-refractivity contribution in [3.63, 3.8) is 0 Å². The number of carbonyl (C=O) groups excluding carboxylic acids is 1. The summed E-state index contributed by atoms with van der Waals surface area (Å²) in [5.41, 5.74) is 1.60. The molecule has 0 saturated carbocycles. The fourth-order valence-electron chi connectivity index (χ4n) is 2.63. The van der Waals surface area contributed by atoms with Crippen molar-refractivity contribution in [2.24, 2.45) is 0 Å². The molecule has 0 aliphatic carbocycles. The van der Waals surface area contributed by atoms with Crippen LogP contribution >= 0.6 is 0 Å². The Morgan fingerprint density at radius 3 is 2.48 bits per heavy atom. The fourth-order valence-corrected chi connectivity index (χ4v) is 4.26. The summed E-state index contributed by atoms with van der Waals surface area (Å²) in [6.07, 6.45) is 0. The van der Waals surface area contributed by atoms with Gasteiger partial charge in [0.1, 0.15) is 0 Å². The molecular formula is C16H15NO3S. The largest absolute Gasteiger partial charge is 0.307 e. The van der Waals surface area contributed by atoms with E-state index in [4.69, 9.17) is 0 Å². The molecule has 4 nitrogen and oxygen atoms in total. The van der Waals surface area contributed by atoms with Gasteiger partial charge in [-0.25, -0.2) is 8.42 Å². The minimum atomic E-state index is -3.69. The second kappa shape index (κ2) is 4.70. The molecule has 0 atom stereocenters. The number of aryl methyl sites for hydroxylation is 1. The maximum Gasteiger partial charge on any atom is 0.259 e. The molecule has 0 saturated heterocycles. The molecule has 2 aromatic carbocycles. The summed E-state index contributed by atoms with van der Waals surface area (Å²) in [7, 11) is -3.69. The molecule has 21 heavy (non-hydrogen) atoms. The Morgan fingerprint density at radius 2 is 1.76 bits per heavy atom. The van der Waals surface area contributed by atoms with Crippen molar-refractivity contribution in [2.45, 2.75) is 23.6 Å². The Bertz CT molecular complexity index is 840. The van der Waals surface area contributed by atoms with Crippen molar-refractivity contribution in [3.05, 3.63) is 53.6 Å². The third kappa shape index (κ3) is 1.96. The van der Waals surface area contributed by atoms with Crippen LogP contribution in [0.2, 0.25) is 0 Å². The number of hydrogen-bond donors (Lipinski definition) is 0. The van der Waals surface area contributed by atoms with Gasteiger partial charge in [-0.3, -0.25) is 4.79 Å². The minimum Gasteiger partial charge on any atom is -0.307 e. The lowest BCUT2D eigenvalue weighted by molar-refractivity contribution is 0.0985. The van der Waals surface area contributed by atoms with Gasteiger partial charge in [0, 0.05) is 6.54 Å². The highest BCUT2D eigenvalue weighted by atomic mass is 32.2. The number of nitrogens with zero attached hydrogens (tertiary/aromatic N) is 1. The van der Waals surface area contributed by atoms with Crippen LogP contribution in [0.25, 0.3) is 0 Å². The third-order valence-corrected chi connectivity index (χ3v) is 5.52. The van der Waals surface area contributed by atoms with Crippen LogP contribution in [0, 0.1) is 6.92 Å². The van der Waals surface area contributed by atoms with Crippen LogP contribution in [0.15, 0.2) is 52.3 Å². The molecule has 1 heterocycles. The topological polar surface area (TPSA) is 54.5 Å². The SMILES string of the molecule is CCN1C(=O)c2ccccc2S(=O)(=O)c2ccc(C)cc21. The number of hydrogen-bond acceptors (Lipinski definition) is 3. The third-order valence-electron chi connectivity index (χ3n) is 3.66. The first-order chi connectivity index (χ1) is 9.96. The highest BCUT2D eigenvalue weighted by molar-refractivity contribution is 7.91. The van der Waals surface area contributed by atoms with Gasteiger partial charge in [-0.2, -0.15) is 0 Å². The average molecular weight is 301 g/mol. The minimum absolute atomic E-state index is 0.0797. The summed E-state index contributed by atoms with van der Waals surface area (Å²) in [6.45, 7) is 4.13. The number of fused-ring (bicyclic) bond motifs is 2. The molecule has 0 radical (unpaired) electrons. The summed E-state index contributed by atoms with van der Waals surface area (Å²) in [5, 5.41) is 0. The Kier molecular flexibility index (Phi) is 3.10. The Labute approximate surface area is 123 Å². The van der Waals surface area contributed by atoms with Crippen molar-refractivity contribution in [1.82, 2.24) is 0 Å². The second-order valence-corrected chi connectivity index (χ2v) is 6.91. The van der Waals surface area contributed by atoms with Crippen LogP contribution in [-0.2, 0) is 9.84 Å². The van der Waals surface area contributed by atoms with Crippen LogP contribution in [0.5, 0.6) is 0 Å². The first-order valence-corrected chi connectivity index (χ1v) is 8.21. The summed E-state index contributed by atoms with van der Waals surface area (Å²) < 4.78 is 25.7. The lowest BCUT2D eigenvalue weighted by Crippen LogP contribution is -2.30. The average Bonchev–Trinajstić information content (AvgIpc) is 2.53. The van der Waals surface area contributed by atoms with Gasteiger partial charge in [0.05, 0.1) is 21.0 Å². The van der Waals surface area contributed by atoms with E-state index in [9.17, 15) is 13.2 Å². The van der Waals surface area contributed by atoms with E-state index in [1.54, 1.807) is 36.4 Å². The van der Waals surface area contributed by atoms with E-state index in [0.717, 1.165) is 5.56 Å². The van der Waals surface area contributed by atoms with Crippen LogP contribution in [-0.4, -0.2) is 20.9 Å². The normalized spacial score (nSPS) is 16.1. The van der Waals surface area contributed by atoms with E-state index in [1.165, 1.54) is 11.0 Å². The van der Waals surface area contributed by atoms with Crippen LogP contribution in [0.1, 0.15) is 22.8 Å². The Balaban J connectivity index is 2.45. The van der Waals surface area contributed by atoms with E-state index in [1.807, 2.05) is 13.8 Å². The van der Waals surface area contributed by atoms with Crippen LogP contribution in [0.4, 0.5) is 5.69 Å². The molecule has 0 spiro atoms. The summed E-state index contributed by atoms with van der Waals surface area (Å²) in [4.78, 5) is 14.5. The Morgan fingerprint density at radius 1 is 1.05 bits per heavy atom. The molecule has 1 aliphatic rings. The first-order valence-electron chi connectivity index (χ1n) is 6.73. The smallest absolute Gasteiger partial charge is 0.259 e. The van der Waals surface area contributed by atoms with Gasteiger partial charge in [0.25, 0.3) is 5.91 Å². The fraction of sp³-hybridized carbons (Fsp3) is 0.188. The zero-order valence-electron chi connectivity index (χ0n) is 11.8. The van der Waals surface area contributed by atoms with Crippen molar-refractivity contribution >= 4 is 21.4 Å². The lowest BCUT2D eigenvalue weighted by Gasteiger charge is -2.21. The quantitative estimate of drug-likeness (QED) is 0.814. The monoisotopic (exact) mass is 301 g/mol. The maximum atomic E-state index is 12.9. The van der Waals surface area contributed by atoms with E-state index < -0.39 is 9.84 Å². The molecule has 0 aromatic heterocycles. The van der Waals surface area contributed by atoms with Gasteiger partial charge >= 0.3 is 0 Å². The number of benzene rings is 2. The van der Waals surface area contributed by atoms with Crippen molar-refractivity contribution < 1.29 is 13.2 Å².